The second-order valence-corrected chi connectivity index (χ2v) is 14.5. The Kier molecular flexibility index (Phi) is 7.72. The summed E-state index contributed by atoms with van der Waals surface area (Å²) in [6, 6.07) is 38.6. The molecule has 4 nitrogen and oxygen atoms in total. The summed E-state index contributed by atoms with van der Waals surface area (Å²) in [6.07, 6.45) is 3.52. The van der Waals surface area contributed by atoms with E-state index in [4.69, 9.17) is 17.3 Å². The maximum atomic E-state index is 11.0. The summed E-state index contributed by atoms with van der Waals surface area (Å²) in [7, 11) is 0. The van der Waals surface area contributed by atoms with E-state index in [9.17, 15) is 5.11 Å². The van der Waals surface area contributed by atoms with Gasteiger partial charge in [0.25, 0.3) is 6.33 Å². The first kappa shape index (κ1) is 28.1. The summed E-state index contributed by atoms with van der Waals surface area (Å²) in [4.78, 5) is 5.13. The Labute approximate surface area is 361 Å². The third kappa shape index (κ3) is 7.37. The van der Waals surface area contributed by atoms with Crippen LogP contribution in [-0.2, 0) is 26.5 Å². The quantitative estimate of drug-likeness (QED) is 0.128. The first-order chi connectivity index (χ1) is 31.0. The van der Waals surface area contributed by atoms with Gasteiger partial charge in [-0.15, -0.1) is 29.3 Å². The Morgan fingerprint density at radius 1 is 0.614 bits per heavy atom. The Hall–Kier alpha value is -6.35. The molecule has 0 aliphatic rings. The summed E-state index contributed by atoms with van der Waals surface area (Å²) in [5.41, 5.74) is 7.57. The molecule has 57 heavy (non-hydrogen) atoms. The standard InChI is InChI=1S/C52H40N3O.Pt/c1-52(2,3)41-30-40(46-32-39(36-18-7-4-8-19-36)33-47(53-46)45-24-13-16-29-50(45)56)31-42(34-41)54-35-55(49-28-15-14-27-48(49)54)51-43(37-20-9-5-10-21-37)25-17-26-44(51)38-22-11-6-12-23-38;/h4-30,32-34,56H,1-3H3;/q-1;+2/i5D,6D,9D,10D,11D,12D,20D,21D,22D;. The number of hydrogen-bond donors (Lipinski definition) is 1. The van der Waals surface area contributed by atoms with Crippen LogP contribution in [0, 0.1) is 12.4 Å². The number of imidazole rings is 1. The number of phenols is 1. The number of para-hydroxylation sites is 4. The summed E-state index contributed by atoms with van der Waals surface area (Å²) < 4.78 is 81.6. The first-order valence-electron chi connectivity index (χ1n) is 22.7. The second-order valence-electron chi connectivity index (χ2n) is 14.5. The van der Waals surface area contributed by atoms with Crippen LogP contribution >= 0.6 is 0 Å². The molecule has 2 heterocycles. The molecule has 0 atom stereocenters. The molecule has 0 aliphatic heterocycles. The molecule has 278 valence electrons. The van der Waals surface area contributed by atoms with Gasteiger partial charge in [-0.1, -0.05) is 172 Å². The fraction of sp³-hybridized carbons (Fsp3) is 0.0769. The Morgan fingerprint density at radius 3 is 2.04 bits per heavy atom. The van der Waals surface area contributed by atoms with Crippen molar-refractivity contribution in [1.29, 1.82) is 0 Å². The molecule has 0 fully saturated rings. The number of pyridine rings is 1. The number of fused-ring (bicyclic) bond motifs is 1. The van der Waals surface area contributed by atoms with E-state index in [1.165, 1.54) is 6.07 Å². The number of nitrogens with zero attached hydrogens (tertiary/aromatic N) is 3. The van der Waals surface area contributed by atoms with Gasteiger partial charge in [0.15, 0.2) is 0 Å². The van der Waals surface area contributed by atoms with Crippen molar-refractivity contribution in [2.24, 2.45) is 0 Å². The van der Waals surface area contributed by atoms with E-state index in [1.54, 1.807) is 34.9 Å². The van der Waals surface area contributed by atoms with Crippen molar-refractivity contribution in [3.8, 4) is 73.0 Å². The van der Waals surface area contributed by atoms with Crippen molar-refractivity contribution in [1.82, 2.24) is 9.55 Å². The van der Waals surface area contributed by atoms with Gasteiger partial charge in [0.2, 0.25) is 0 Å². The minimum absolute atomic E-state index is 0. The third-order valence-corrected chi connectivity index (χ3v) is 9.78. The van der Waals surface area contributed by atoms with E-state index in [1.807, 2.05) is 89.5 Å². The Morgan fingerprint density at radius 2 is 1.26 bits per heavy atom. The van der Waals surface area contributed by atoms with Crippen molar-refractivity contribution in [3.05, 3.63) is 200 Å². The van der Waals surface area contributed by atoms with Gasteiger partial charge in [-0.05, 0) is 68.4 Å². The van der Waals surface area contributed by atoms with Gasteiger partial charge in [-0.3, -0.25) is 9.55 Å². The molecule has 0 saturated heterocycles. The van der Waals surface area contributed by atoms with E-state index in [-0.39, 0.29) is 66.7 Å². The number of rotatable bonds is 7. The van der Waals surface area contributed by atoms with Crippen LogP contribution in [0.5, 0.6) is 5.75 Å². The zero-order valence-electron chi connectivity index (χ0n) is 40.2. The number of aromatic hydroxyl groups is 1. The molecule has 0 spiro atoms. The molecule has 9 rings (SSSR count). The number of hydrogen-bond acceptors (Lipinski definition) is 2. The SMILES string of the molecule is [2H]c1cc(-c2cccc(-c3c([2H])c([2H])c([2H])c([2H])c3[2H])c2-[n+]2[c-]n(-c3[c-]c(-c4cc(-c5ccccc5)cc(-c5ccccc5O)n4)cc(C(C)(C)C)c3)c3ccccc32)c([2H])c([2H])c1[2H].[Pt+2]. The van der Waals surface area contributed by atoms with Crippen LogP contribution in [-0.4, -0.2) is 14.7 Å². The monoisotopic (exact) mass is 926 g/mol. The normalized spacial score (nSPS) is 13.6. The zero-order chi connectivity index (χ0) is 46.1. The molecule has 0 radical (unpaired) electrons. The molecule has 1 N–H and O–H groups in total. The largest absolute Gasteiger partial charge is 2.00 e. The minimum Gasteiger partial charge on any atom is -0.507 e. The van der Waals surface area contributed by atoms with Crippen molar-refractivity contribution in [2.75, 3.05) is 0 Å². The van der Waals surface area contributed by atoms with E-state index in [0.717, 1.165) is 16.7 Å². The van der Waals surface area contributed by atoms with E-state index >= 15 is 0 Å². The molecule has 9 aromatic rings. The van der Waals surface area contributed by atoms with Gasteiger partial charge in [-0.25, -0.2) is 0 Å². The van der Waals surface area contributed by atoms with E-state index in [2.05, 4.69) is 39.2 Å². The Bertz CT molecular complexity index is 3360. The van der Waals surface area contributed by atoms with Crippen LogP contribution in [0.15, 0.2) is 182 Å². The topological polar surface area (TPSA) is 41.9 Å². The third-order valence-electron chi connectivity index (χ3n) is 9.78. The van der Waals surface area contributed by atoms with Crippen LogP contribution in [0.4, 0.5) is 0 Å². The molecule has 5 heteroatoms. The van der Waals surface area contributed by atoms with Gasteiger partial charge in [0.05, 0.1) is 34.8 Å². The van der Waals surface area contributed by atoms with Gasteiger partial charge >= 0.3 is 21.1 Å². The first-order valence-corrected chi connectivity index (χ1v) is 18.2. The van der Waals surface area contributed by atoms with Crippen LogP contribution < -0.4 is 4.57 Å². The number of benzene rings is 7. The smallest absolute Gasteiger partial charge is 0.507 e. The molecule has 0 saturated carbocycles. The van der Waals surface area contributed by atoms with Gasteiger partial charge in [0.1, 0.15) is 5.75 Å². The fourth-order valence-corrected chi connectivity index (χ4v) is 6.96. The summed E-state index contributed by atoms with van der Waals surface area (Å²) in [6.45, 7) is 6.33. The number of aromatic nitrogens is 3. The van der Waals surface area contributed by atoms with Crippen LogP contribution in [0.3, 0.4) is 0 Å². The van der Waals surface area contributed by atoms with Crippen molar-refractivity contribution in [2.45, 2.75) is 26.2 Å². The van der Waals surface area contributed by atoms with Crippen LogP contribution in [0.2, 0.25) is 0 Å². The van der Waals surface area contributed by atoms with Crippen LogP contribution in [0.1, 0.15) is 38.7 Å². The van der Waals surface area contributed by atoms with E-state index < -0.39 is 42.3 Å². The molecule has 0 bridgehead atoms. The molecule has 0 amide bonds. The maximum Gasteiger partial charge on any atom is 2.00 e. The molecule has 0 unspecified atom stereocenters. The van der Waals surface area contributed by atoms with Crippen LogP contribution in [0.25, 0.3) is 78.3 Å². The predicted octanol–water partition coefficient (Wildman–Crippen LogP) is 12.2. The van der Waals surface area contributed by atoms with Crippen molar-refractivity contribution < 1.29 is 43.1 Å². The molecular weight excluding hydrogens is 878 g/mol. The molecule has 7 aromatic carbocycles. The maximum absolute atomic E-state index is 11.0. The van der Waals surface area contributed by atoms with Gasteiger partial charge < -0.3 is 9.67 Å². The zero-order valence-corrected chi connectivity index (χ0v) is 33.5. The number of phenolic OH excluding ortho intramolecular Hbond substituents is 1. The molecular formula is C52H40N3OPt+. The average Bonchev–Trinajstić information content (AvgIpc) is 3.70. The summed E-state index contributed by atoms with van der Waals surface area (Å²) >= 11 is 0. The second kappa shape index (κ2) is 15.7. The minimum atomic E-state index is -0.545. The van der Waals surface area contributed by atoms with E-state index in [0.29, 0.717) is 44.8 Å². The molecule has 0 aliphatic carbocycles. The fourth-order valence-electron chi connectivity index (χ4n) is 6.96. The predicted molar refractivity (Wildman–Crippen MR) is 228 cm³/mol. The van der Waals surface area contributed by atoms with Crippen molar-refractivity contribution >= 4 is 11.0 Å². The summed E-state index contributed by atoms with van der Waals surface area (Å²) in [5.74, 6) is 0.0940. The Balaban J connectivity index is 0.00000592. The summed E-state index contributed by atoms with van der Waals surface area (Å²) in [5, 5.41) is 11.0. The average molecular weight is 927 g/mol. The van der Waals surface area contributed by atoms with Gasteiger partial charge in [-0.2, -0.15) is 0 Å². The van der Waals surface area contributed by atoms with Crippen molar-refractivity contribution in [3.63, 3.8) is 0 Å². The van der Waals surface area contributed by atoms with Gasteiger partial charge in [0, 0.05) is 5.56 Å². The molecule has 2 aromatic heterocycles.